The van der Waals surface area contributed by atoms with Gasteiger partial charge in [-0.1, -0.05) is 67.5 Å². The Bertz CT molecular complexity index is 1010. The topological polar surface area (TPSA) is 94.3 Å². The molecule has 0 radical (unpaired) electrons. The van der Waals surface area contributed by atoms with Gasteiger partial charge in [0, 0.05) is 17.7 Å². The molecule has 1 N–H and O–H groups in total. The molecule has 2 aromatic carbocycles. The van der Waals surface area contributed by atoms with Crippen LogP contribution >= 0.6 is 0 Å². The number of esters is 1. The number of nitrogens with zero attached hydrogens (tertiary/aromatic N) is 2. The van der Waals surface area contributed by atoms with E-state index < -0.39 is 5.97 Å². The first kappa shape index (κ1) is 21.2. The molecular formula is C23H25N3O4. The van der Waals surface area contributed by atoms with Crippen LogP contribution in [0.5, 0.6) is 0 Å². The molecule has 0 unspecified atom stereocenters. The molecule has 0 aliphatic rings. The van der Waals surface area contributed by atoms with E-state index >= 15 is 0 Å². The van der Waals surface area contributed by atoms with E-state index in [1.807, 2.05) is 55.5 Å². The fourth-order valence-electron chi connectivity index (χ4n) is 3.01. The van der Waals surface area contributed by atoms with E-state index in [9.17, 15) is 9.59 Å². The first-order chi connectivity index (χ1) is 14.4. The van der Waals surface area contributed by atoms with Gasteiger partial charge >= 0.3 is 5.97 Å². The zero-order chi connectivity index (χ0) is 21.5. The van der Waals surface area contributed by atoms with E-state index in [0.717, 1.165) is 22.4 Å². The Balaban J connectivity index is 1.47. The van der Waals surface area contributed by atoms with Crippen LogP contribution in [0.2, 0.25) is 0 Å². The van der Waals surface area contributed by atoms with Gasteiger partial charge in [0.25, 0.3) is 5.91 Å². The molecule has 0 saturated carbocycles. The summed E-state index contributed by atoms with van der Waals surface area (Å²) in [6.45, 7) is 5.71. The normalized spacial score (nSPS) is 10.8. The Morgan fingerprint density at radius 2 is 1.87 bits per heavy atom. The number of hydrogen-bond donors (Lipinski definition) is 1. The highest BCUT2D eigenvalue weighted by molar-refractivity contribution is 5.94. The number of amides is 1. The van der Waals surface area contributed by atoms with Crippen LogP contribution in [0, 0.1) is 6.92 Å². The van der Waals surface area contributed by atoms with E-state index in [0.29, 0.717) is 11.7 Å². The highest BCUT2D eigenvalue weighted by Gasteiger charge is 2.15. The van der Waals surface area contributed by atoms with Gasteiger partial charge < -0.3 is 14.6 Å². The smallest absolute Gasteiger partial charge is 0.306 e. The van der Waals surface area contributed by atoms with Crippen molar-refractivity contribution in [3.05, 3.63) is 65.5 Å². The second-order valence-corrected chi connectivity index (χ2v) is 7.28. The van der Waals surface area contributed by atoms with Crippen molar-refractivity contribution in [3.8, 4) is 11.4 Å². The average Bonchev–Trinajstić information content (AvgIpc) is 3.22. The first-order valence-electron chi connectivity index (χ1n) is 9.87. The lowest BCUT2D eigenvalue weighted by Gasteiger charge is -2.16. The van der Waals surface area contributed by atoms with Gasteiger partial charge in [0.2, 0.25) is 11.7 Å². The summed E-state index contributed by atoms with van der Waals surface area (Å²) in [4.78, 5) is 28.5. The van der Waals surface area contributed by atoms with Crippen molar-refractivity contribution in [3.63, 3.8) is 0 Å². The number of para-hydroxylation sites is 1. The number of hydrogen-bond acceptors (Lipinski definition) is 6. The Hall–Kier alpha value is -3.48. The fourth-order valence-corrected chi connectivity index (χ4v) is 3.01. The number of carbonyl (C=O) groups excluding carboxylic acids is 2. The van der Waals surface area contributed by atoms with Crippen LogP contribution in [-0.4, -0.2) is 28.6 Å². The van der Waals surface area contributed by atoms with Gasteiger partial charge in [0.15, 0.2) is 6.61 Å². The summed E-state index contributed by atoms with van der Waals surface area (Å²) in [5.41, 5.74) is 3.61. The maximum absolute atomic E-state index is 12.2. The molecular weight excluding hydrogens is 382 g/mol. The number of carbonyl (C=O) groups is 2. The molecule has 0 bridgehead atoms. The van der Waals surface area contributed by atoms with Crippen LogP contribution in [0.3, 0.4) is 0 Å². The molecule has 0 saturated heterocycles. The summed E-state index contributed by atoms with van der Waals surface area (Å²) in [5, 5.41) is 6.77. The minimum absolute atomic E-state index is 0.0469. The van der Waals surface area contributed by atoms with Crippen LogP contribution in [0.25, 0.3) is 11.4 Å². The van der Waals surface area contributed by atoms with Crippen molar-refractivity contribution in [2.45, 2.75) is 39.5 Å². The van der Waals surface area contributed by atoms with Crippen molar-refractivity contribution in [2.24, 2.45) is 0 Å². The summed E-state index contributed by atoms with van der Waals surface area (Å²) in [6.07, 6.45) is 0.293. The third-order valence-corrected chi connectivity index (χ3v) is 4.60. The quantitative estimate of drug-likeness (QED) is 0.560. The van der Waals surface area contributed by atoms with E-state index in [2.05, 4.69) is 29.3 Å². The maximum atomic E-state index is 12.2. The van der Waals surface area contributed by atoms with Crippen LogP contribution in [-0.2, 0) is 20.7 Å². The van der Waals surface area contributed by atoms with Gasteiger partial charge in [-0.15, -0.1) is 0 Å². The van der Waals surface area contributed by atoms with Crippen molar-refractivity contribution < 1.29 is 18.8 Å². The second-order valence-electron chi connectivity index (χ2n) is 7.28. The van der Waals surface area contributed by atoms with Crippen molar-refractivity contribution in [2.75, 3.05) is 11.9 Å². The molecule has 1 amide bonds. The number of aryl methyl sites for hydroxylation is 2. The molecule has 3 aromatic rings. The molecule has 0 atom stereocenters. The predicted molar refractivity (Wildman–Crippen MR) is 113 cm³/mol. The zero-order valence-corrected chi connectivity index (χ0v) is 17.3. The van der Waals surface area contributed by atoms with Gasteiger partial charge in [-0.05, 0) is 24.0 Å². The molecule has 1 heterocycles. The van der Waals surface area contributed by atoms with Gasteiger partial charge in [0.05, 0.1) is 6.42 Å². The van der Waals surface area contributed by atoms with E-state index in [-0.39, 0.29) is 31.3 Å². The van der Waals surface area contributed by atoms with Crippen LogP contribution in [0.1, 0.15) is 43.2 Å². The Morgan fingerprint density at radius 3 is 2.60 bits per heavy atom. The standard InChI is InChI=1S/C23H25N3O4/c1-15(2)18-11-7-8-16(3)22(18)24-19(27)14-29-21(28)13-12-20-25-23(26-30-20)17-9-5-4-6-10-17/h4-11,15H,12-14H2,1-3H3,(H,24,27). The lowest BCUT2D eigenvalue weighted by molar-refractivity contribution is -0.147. The molecule has 156 valence electrons. The SMILES string of the molecule is Cc1cccc(C(C)C)c1NC(=O)COC(=O)CCc1nc(-c2ccccc2)no1. The van der Waals surface area contributed by atoms with Crippen molar-refractivity contribution in [1.82, 2.24) is 10.1 Å². The minimum atomic E-state index is -0.501. The average molecular weight is 407 g/mol. The monoisotopic (exact) mass is 407 g/mol. The lowest BCUT2D eigenvalue weighted by atomic mass is 9.98. The lowest BCUT2D eigenvalue weighted by Crippen LogP contribution is -2.22. The van der Waals surface area contributed by atoms with Crippen LogP contribution < -0.4 is 5.32 Å². The Morgan fingerprint density at radius 1 is 1.10 bits per heavy atom. The third-order valence-electron chi connectivity index (χ3n) is 4.60. The van der Waals surface area contributed by atoms with E-state index in [1.165, 1.54) is 0 Å². The maximum Gasteiger partial charge on any atom is 0.306 e. The highest BCUT2D eigenvalue weighted by Crippen LogP contribution is 2.27. The number of anilines is 1. The molecule has 0 aliphatic heterocycles. The third kappa shape index (κ3) is 5.53. The summed E-state index contributed by atoms with van der Waals surface area (Å²) in [5.74, 6) is 0.203. The number of ether oxygens (including phenoxy) is 1. The molecule has 7 nitrogen and oxygen atoms in total. The number of benzene rings is 2. The minimum Gasteiger partial charge on any atom is -0.456 e. The molecule has 1 aromatic heterocycles. The van der Waals surface area contributed by atoms with Crippen LogP contribution in [0.4, 0.5) is 5.69 Å². The molecule has 3 rings (SSSR count). The van der Waals surface area contributed by atoms with Crippen LogP contribution in [0.15, 0.2) is 53.1 Å². The summed E-state index contributed by atoms with van der Waals surface area (Å²) in [7, 11) is 0. The van der Waals surface area contributed by atoms with Gasteiger partial charge in [0.1, 0.15) is 0 Å². The summed E-state index contributed by atoms with van der Waals surface area (Å²) in [6, 6.07) is 15.3. The summed E-state index contributed by atoms with van der Waals surface area (Å²) < 4.78 is 10.3. The molecule has 0 spiro atoms. The number of nitrogens with one attached hydrogen (secondary N) is 1. The van der Waals surface area contributed by atoms with Crippen molar-refractivity contribution >= 4 is 17.6 Å². The first-order valence-corrected chi connectivity index (χ1v) is 9.87. The molecule has 30 heavy (non-hydrogen) atoms. The van der Waals surface area contributed by atoms with Crippen molar-refractivity contribution in [1.29, 1.82) is 0 Å². The predicted octanol–water partition coefficient (Wildman–Crippen LogP) is 4.28. The molecule has 0 aliphatic carbocycles. The molecule has 7 heteroatoms. The van der Waals surface area contributed by atoms with E-state index in [1.54, 1.807) is 0 Å². The van der Waals surface area contributed by atoms with Gasteiger partial charge in [-0.3, -0.25) is 9.59 Å². The number of aromatic nitrogens is 2. The molecule has 0 fully saturated rings. The fraction of sp³-hybridized carbons (Fsp3) is 0.304. The van der Waals surface area contributed by atoms with Gasteiger partial charge in [-0.2, -0.15) is 4.98 Å². The summed E-state index contributed by atoms with van der Waals surface area (Å²) >= 11 is 0. The highest BCUT2D eigenvalue weighted by atomic mass is 16.5. The van der Waals surface area contributed by atoms with Gasteiger partial charge in [-0.25, -0.2) is 0 Å². The zero-order valence-electron chi connectivity index (χ0n) is 17.3. The Kier molecular flexibility index (Phi) is 6.95. The second kappa shape index (κ2) is 9.82. The largest absolute Gasteiger partial charge is 0.456 e. The Labute approximate surface area is 175 Å². The van der Waals surface area contributed by atoms with E-state index in [4.69, 9.17) is 9.26 Å². The number of rotatable bonds is 8.